The van der Waals surface area contributed by atoms with E-state index in [-0.39, 0.29) is 23.3 Å². The first kappa shape index (κ1) is 13.3. The van der Waals surface area contributed by atoms with Crippen LogP contribution in [-0.2, 0) is 9.84 Å². The highest BCUT2D eigenvalue weighted by Crippen LogP contribution is 2.30. The molecule has 1 aliphatic rings. The lowest BCUT2D eigenvalue weighted by Crippen LogP contribution is -2.13. The maximum atomic E-state index is 11.5. The van der Waals surface area contributed by atoms with Crippen molar-refractivity contribution >= 4 is 15.7 Å². The van der Waals surface area contributed by atoms with E-state index in [1.165, 1.54) is 0 Å². The molecule has 1 aromatic heterocycles. The third-order valence-corrected chi connectivity index (χ3v) is 5.13. The fraction of sp³-hybridized carbons (Fsp3) is 0.667. The Balaban J connectivity index is 2.37. The second-order valence-corrected chi connectivity index (χ2v) is 7.45. The van der Waals surface area contributed by atoms with Crippen molar-refractivity contribution in [2.45, 2.75) is 39.0 Å². The van der Waals surface area contributed by atoms with Gasteiger partial charge in [-0.05, 0) is 19.3 Å². The van der Waals surface area contributed by atoms with Crippen molar-refractivity contribution < 1.29 is 8.42 Å². The Morgan fingerprint density at radius 1 is 1.33 bits per heavy atom. The number of anilines is 1. The molecule has 5 nitrogen and oxygen atoms in total. The van der Waals surface area contributed by atoms with Gasteiger partial charge in [0.1, 0.15) is 11.6 Å². The molecule has 0 spiro atoms. The molecule has 0 aliphatic carbocycles. The largest absolute Gasteiger partial charge is 0.383 e. The van der Waals surface area contributed by atoms with Crippen LogP contribution >= 0.6 is 0 Å². The number of aromatic nitrogens is 2. The van der Waals surface area contributed by atoms with Crippen LogP contribution in [0.25, 0.3) is 0 Å². The molecule has 1 aliphatic heterocycles. The summed E-state index contributed by atoms with van der Waals surface area (Å²) in [5.41, 5.74) is 7.77. The molecule has 1 fully saturated rings. The quantitative estimate of drug-likeness (QED) is 0.877. The minimum atomic E-state index is -2.92. The van der Waals surface area contributed by atoms with Crippen LogP contribution in [0.3, 0.4) is 0 Å². The molecule has 100 valence electrons. The molecule has 0 radical (unpaired) electrons. The predicted octanol–water partition coefficient (Wildman–Crippen LogP) is 1.39. The van der Waals surface area contributed by atoms with Gasteiger partial charge < -0.3 is 5.73 Å². The topological polar surface area (TPSA) is 85.9 Å². The summed E-state index contributed by atoms with van der Waals surface area (Å²) in [4.78, 5) is 8.75. The fourth-order valence-corrected chi connectivity index (χ4v) is 4.26. The number of aryl methyl sites for hydroxylation is 1. The van der Waals surface area contributed by atoms with E-state index in [4.69, 9.17) is 5.73 Å². The maximum Gasteiger partial charge on any atom is 0.151 e. The molecule has 0 aromatic carbocycles. The number of nitrogens with two attached hydrogens (primary N) is 1. The molecular weight excluding hydrogens is 250 g/mol. The summed E-state index contributed by atoms with van der Waals surface area (Å²) in [6.07, 6.45) is 0.599. The van der Waals surface area contributed by atoms with Gasteiger partial charge in [0, 0.05) is 17.2 Å². The highest BCUT2D eigenvalue weighted by molar-refractivity contribution is 7.91. The Labute approximate surface area is 108 Å². The first-order chi connectivity index (χ1) is 8.30. The molecular formula is C12H19N3O2S. The van der Waals surface area contributed by atoms with Gasteiger partial charge >= 0.3 is 0 Å². The Bertz CT molecular complexity index is 544. The second-order valence-electron chi connectivity index (χ2n) is 5.22. The zero-order valence-electron chi connectivity index (χ0n) is 11.0. The zero-order valence-corrected chi connectivity index (χ0v) is 11.8. The molecule has 6 heteroatoms. The summed E-state index contributed by atoms with van der Waals surface area (Å²) < 4.78 is 22.9. The lowest BCUT2D eigenvalue weighted by Gasteiger charge is -2.15. The van der Waals surface area contributed by atoms with Crippen molar-refractivity contribution in [3.63, 3.8) is 0 Å². The minimum Gasteiger partial charge on any atom is -0.383 e. The monoisotopic (exact) mass is 269 g/mol. The van der Waals surface area contributed by atoms with E-state index in [0.717, 1.165) is 11.3 Å². The van der Waals surface area contributed by atoms with E-state index in [1.807, 2.05) is 20.8 Å². The van der Waals surface area contributed by atoms with Crippen LogP contribution in [0.5, 0.6) is 0 Å². The van der Waals surface area contributed by atoms with Crippen LogP contribution in [0.2, 0.25) is 0 Å². The summed E-state index contributed by atoms with van der Waals surface area (Å²) in [6, 6.07) is 0. The molecule has 1 saturated heterocycles. The molecule has 2 rings (SSSR count). The van der Waals surface area contributed by atoms with E-state index in [2.05, 4.69) is 9.97 Å². The number of hydrogen-bond donors (Lipinski definition) is 1. The fourth-order valence-electron chi connectivity index (χ4n) is 2.52. The van der Waals surface area contributed by atoms with Crippen molar-refractivity contribution in [3.8, 4) is 0 Å². The standard InChI is InChI=1S/C12H19N3O2S/c1-7(2)10-8(3)14-12(15-11(10)13)9-4-5-18(16,17)6-9/h7,9H,4-6H2,1-3H3,(H2,13,14,15). The molecule has 18 heavy (non-hydrogen) atoms. The normalized spacial score (nSPS) is 22.6. The van der Waals surface area contributed by atoms with Crippen molar-refractivity contribution in [1.29, 1.82) is 0 Å². The maximum absolute atomic E-state index is 11.5. The number of sulfone groups is 1. The van der Waals surface area contributed by atoms with Crippen LogP contribution in [0, 0.1) is 6.92 Å². The third kappa shape index (κ3) is 2.48. The summed E-state index contributed by atoms with van der Waals surface area (Å²) in [5.74, 6) is 1.61. The van der Waals surface area contributed by atoms with E-state index in [1.54, 1.807) is 0 Å². The molecule has 2 N–H and O–H groups in total. The SMILES string of the molecule is Cc1nc(C2CCS(=O)(=O)C2)nc(N)c1C(C)C. The Hall–Kier alpha value is -1.17. The smallest absolute Gasteiger partial charge is 0.151 e. The molecule has 0 bridgehead atoms. The minimum absolute atomic E-state index is 0.0998. The van der Waals surface area contributed by atoms with Gasteiger partial charge in [0.05, 0.1) is 11.5 Å². The molecule has 2 heterocycles. The van der Waals surface area contributed by atoms with Gasteiger partial charge in [-0.2, -0.15) is 0 Å². The number of hydrogen-bond acceptors (Lipinski definition) is 5. The second kappa shape index (κ2) is 4.50. The molecule has 1 aromatic rings. The van der Waals surface area contributed by atoms with Crippen LogP contribution < -0.4 is 5.73 Å². The van der Waals surface area contributed by atoms with E-state index < -0.39 is 9.84 Å². The Morgan fingerprint density at radius 2 is 2.00 bits per heavy atom. The highest BCUT2D eigenvalue weighted by Gasteiger charge is 2.31. The van der Waals surface area contributed by atoms with Crippen LogP contribution in [0.4, 0.5) is 5.82 Å². The third-order valence-electron chi connectivity index (χ3n) is 3.36. The van der Waals surface area contributed by atoms with Gasteiger partial charge in [0.2, 0.25) is 0 Å². The lowest BCUT2D eigenvalue weighted by molar-refractivity contribution is 0.601. The van der Waals surface area contributed by atoms with Gasteiger partial charge in [-0.15, -0.1) is 0 Å². The van der Waals surface area contributed by atoms with E-state index in [9.17, 15) is 8.42 Å². The van der Waals surface area contributed by atoms with Crippen molar-refractivity contribution in [2.24, 2.45) is 0 Å². The number of rotatable bonds is 2. The van der Waals surface area contributed by atoms with Gasteiger partial charge in [-0.1, -0.05) is 13.8 Å². The average Bonchev–Trinajstić information content (AvgIpc) is 2.57. The summed E-state index contributed by atoms with van der Waals surface area (Å²) in [7, 11) is -2.92. The van der Waals surface area contributed by atoms with Gasteiger partial charge in [-0.25, -0.2) is 18.4 Å². The Kier molecular flexibility index (Phi) is 3.31. The van der Waals surface area contributed by atoms with Gasteiger partial charge in [-0.3, -0.25) is 0 Å². The first-order valence-corrected chi connectivity index (χ1v) is 7.96. The van der Waals surface area contributed by atoms with Crippen molar-refractivity contribution in [2.75, 3.05) is 17.2 Å². The summed E-state index contributed by atoms with van der Waals surface area (Å²) >= 11 is 0. The van der Waals surface area contributed by atoms with Crippen molar-refractivity contribution in [3.05, 3.63) is 17.1 Å². The van der Waals surface area contributed by atoms with Gasteiger partial charge in [0.15, 0.2) is 9.84 Å². The van der Waals surface area contributed by atoms with Crippen molar-refractivity contribution in [1.82, 2.24) is 9.97 Å². The average molecular weight is 269 g/mol. The number of nitrogen functional groups attached to an aromatic ring is 1. The first-order valence-electron chi connectivity index (χ1n) is 6.14. The van der Waals surface area contributed by atoms with E-state index in [0.29, 0.717) is 18.1 Å². The molecule has 0 saturated carbocycles. The van der Waals surface area contributed by atoms with Crippen LogP contribution in [0.15, 0.2) is 0 Å². The van der Waals surface area contributed by atoms with Crippen LogP contribution in [-0.4, -0.2) is 29.9 Å². The molecule has 1 unspecified atom stereocenters. The predicted molar refractivity (Wildman–Crippen MR) is 71.3 cm³/mol. The molecule has 1 atom stereocenters. The van der Waals surface area contributed by atoms with Gasteiger partial charge in [0.25, 0.3) is 0 Å². The highest BCUT2D eigenvalue weighted by atomic mass is 32.2. The number of nitrogens with zero attached hydrogens (tertiary/aromatic N) is 2. The Morgan fingerprint density at radius 3 is 2.44 bits per heavy atom. The van der Waals surface area contributed by atoms with E-state index >= 15 is 0 Å². The zero-order chi connectivity index (χ0) is 13.5. The molecule has 0 amide bonds. The summed E-state index contributed by atoms with van der Waals surface area (Å²) in [6.45, 7) is 5.99. The lowest BCUT2D eigenvalue weighted by atomic mass is 10.0. The van der Waals surface area contributed by atoms with Crippen LogP contribution in [0.1, 0.15) is 49.2 Å². The summed E-state index contributed by atoms with van der Waals surface area (Å²) in [5, 5.41) is 0.